The summed E-state index contributed by atoms with van der Waals surface area (Å²) in [7, 11) is 0. The fourth-order valence-electron chi connectivity index (χ4n) is 3.51. The van der Waals surface area contributed by atoms with Crippen molar-refractivity contribution >= 4 is 46.5 Å². The molecule has 0 aliphatic heterocycles. The minimum absolute atomic E-state index is 0.0642. The van der Waals surface area contributed by atoms with Gasteiger partial charge in [0.05, 0.1) is 28.1 Å². The molecule has 190 valence electrons. The number of carboxylic acid groups (broad SMARTS) is 2. The lowest BCUT2D eigenvalue weighted by atomic mass is 9.97. The van der Waals surface area contributed by atoms with Gasteiger partial charge in [-0.3, -0.25) is 9.59 Å². The number of carbonyl (C=O) groups is 2. The van der Waals surface area contributed by atoms with E-state index in [1.54, 1.807) is 55.5 Å². The first-order chi connectivity index (χ1) is 17.7. The fourth-order valence-corrected chi connectivity index (χ4v) is 4.00. The van der Waals surface area contributed by atoms with Crippen molar-refractivity contribution in [1.29, 1.82) is 0 Å². The number of benzene rings is 4. The highest BCUT2D eigenvalue weighted by Gasteiger charge is 2.16. The Hall–Kier alpha value is -3.87. The van der Waals surface area contributed by atoms with Crippen molar-refractivity contribution in [2.75, 3.05) is 5.32 Å². The van der Waals surface area contributed by atoms with Gasteiger partial charge in [-0.15, -0.1) is 0 Å². The van der Waals surface area contributed by atoms with Gasteiger partial charge in [0.25, 0.3) is 0 Å². The largest absolute Gasteiger partial charge is 0.481 e. The Morgan fingerprint density at radius 1 is 0.865 bits per heavy atom. The van der Waals surface area contributed by atoms with E-state index < -0.39 is 23.7 Å². The van der Waals surface area contributed by atoms with Crippen LogP contribution in [0.15, 0.2) is 91.0 Å². The smallest absolute Gasteiger partial charge is 0.310 e. The molecule has 0 bridgehead atoms. The van der Waals surface area contributed by atoms with Gasteiger partial charge in [-0.05, 0) is 47.9 Å². The van der Waals surface area contributed by atoms with Gasteiger partial charge in [-0.2, -0.15) is 0 Å². The van der Waals surface area contributed by atoms with Crippen LogP contribution in [0.1, 0.15) is 24.0 Å². The maximum atomic E-state index is 14.0. The summed E-state index contributed by atoms with van der Waals surface area (Å²) in [6.07, 6.45) is -0.0642. The summed E-state index contributed by atoms with van der Waals surface area (Å²) >= 11 is 12.1. The zero-order valence-corrected chi connectivity index (χ0v) is 21.3. The van der Waals surface area contributed by atoms with Crippen molar-refractivity contribution in [2.24, 2.45) is 0 Å². The van der Waals surface area contributed by atoms with E-state index >= 15 is 0 Å². The molecular formula is C29H24Cl2FNO4. The first kappa shape index (κ1) is 27.7. The second kappa shape index (κ2) is 12.9. The molecule has 1 unspecified atom stereocenters. The lowest BCUT2D eigenvalue weighted by Crippen LogP contribution is -2.07. The third kappa shape index (κ3) is 7.56. The van der Waals surface area contributed by atoms with Crippen LogP contribution in [-0.4, -0.2) is 22.2 Å². The summed E-state index contributed by atoms with van der Waals surface area (Å²) in [5, 5.41) is 21.8. The van der Waals surface area contributed by atoms with E-state index in [0.717, 1.165) is 5.56 Å². The van der Waals surface area contributed by atoms with Crippen LogP contribution in [0.3, 0.4) is 0 Å². The predicted octanol–water partition coefficient (Wildman–Crippen LogP) is 8.04. The Kier molecular flexibility index (Phi) is 9.66. The number of anilines is 2. The summed E-state index contributed by atoms with van der Waals surface area (Å²) < 4.78 is 14.0. The van der Waals surface area contributed by atoms with Crippen LogP contribution in [0.2, 0.25) is 10.0 Å². The van der Waals surface area contributed by atoms with Gasteiger partial charge in [0.2, 0.25) is 0 Å². The second-order valence-corrected chi connectivity index (χ2v) is 8.93. The number of para-hydroxylation sites is 2. The summed E-state index contributed by atoms with van der Waals surface area (Å²) in [4.78, 5) is 21.7. The van der Waals surface area contributed by atoms with Crippen molar-refractivity contribution in [3.63, 3.8) is 0 Å². The van der Waals surface area contributed by atoms with Crippen molar-refractivity contribution < 1.29 is 24.2 Å². The number of nitrogens with one attached hydrogen (secondary N) is 1. The molecule has 0 aliphatic carbocycles. The molecule has 8 heteroatoms. The summed E-state index contributed by atoms with van der Waals surface area (Å²) in [5.41, 5.74) is 3.66. The lowest BCUT2D eigenvalue weighted by molar-refractivity contribution is -0.138. The number of carboxylic acids is 2. The molecule has 4 aromatic rings. The van der Waals surface area contributed by atoms with E-state index in [-0.39, 0.29) is 6.42 Å². The molecule has 0 radical (unpaired) electrons. The highest BCUT2D eigenvalue weighted by Crippen LogP contribution is 2.33. The maximum Gasteiger partial charge on any atom is 0.310 e. The molecule has 4 aromatic carbocycles. The Morgan fingerprint density at radius 2 is 1.49 bits per heavy atom. The van der Waals surface area contributed by atoms with E-state index in [4.69, 9.17) is 33.4 Å². The first-order valence-corrected chi connectivity index (χ1v) is 12.0. The summed E-state index contributed by atoms with van der Waals surface area (Å²) in [6.45, 7) is 1.54. The van der Waals surface area contributed by atoms with Crippen LogP contribution in [0.25, 0.3) is 11.1 Å². The zero-order valence-electron chi connectivity index (χ0n) is 19.8. The number of hydrogen-bond acceptors (Lipinski definition) is 3. The van der Waals surface area contributed by atoms with Gasteiger partial charge < -0.3 is 15.5 Å². The van der Waals surface area contributed by atoms with Crippen molar-refractivity contribution in [3.8, 4) is 11.1 Å². The third-order valence-electron chi connectivity index (χ3n) is 5.53. The second-order valence-electron chi connectivity index (χ2n) is 8.11. The molecule has 0 spiro atoms. The van der Waals surface area contributed by atoms with E-state index in [1.807, 2.05) is 36.4 Å². The van der Waals surface area contributed by atoms with Crippen LogP contribution in [0, 0.1) is 5.82 Å². The molecule has 0 aliphatic rings. The predicted molar refractivity (Wildman–Crippen MR) is 145 cm³/mol. The van der Waals surface area contributed by atoms with Crippen LogP contribution in [-0.2, 0) is 16.0 Å². The van der Waals surface area contributed by atoms with Gasteiger partial charge in [0.15, 0.2) is 0 Å². The third-order valence-corrected chi connectivity index (χ3v) is 6.16. The van der Waals surface area contributed by atoms with E-state index in [0.29, 0.717) is 38.1 Å². The van der Waals surface area contributed by atoms with Crippen molar-refractivity contribution in [3.05, 3.63) is 118 Å². The number of hydrogen-bond donors (Lipinski definition) is 3. The molecule has 0 fully saturated rings. The highest BCUT2D eigenvalue weighted by atomic mass is 35.5. The van der Waals surface area contributed by atoms with E-state index in [2.05, 4.69) is 5.32 Å². The van der Waals surface area contributed by atoms with Crippen LogP contribution < -0.4 is 5.32 Å². The summed E-state index contributed by atoms with van der Waals surface area (Å²) in [5.74, 6) is -2.95. The van der Waals surface area contributed by atoms with Crippen LogP contribution in [0.5, 0.6) is 0 Å². The Bertz CT molecular complexity index is 1380. The average Bonchev–Trinajstić information content (AvgIpc) is 2.87. The first-order valence-electron chi connectivity index (χ1n) is 11.3. The molecule has 4 rings (SSSR count). The zero-order chi connectivity index (χ0) is 26.9. The topological polar surface area (TPSA) is 86.6 Å². The molecular weight excluding hydrogens is 516 g/mol. The van der Waals surface area contributed by atoms with Gasteiger partial charge in [-0.25, -0.2) is 4.39 Å². The fraction of sp³-hybridized carbons (Fsp3) is 0.103. The molecule has 0 heterocycles. The molecule has 0 aromatic heterocycles. The quantitative estimate of drug-likeness (QED) is 0.221. The molecule has 0 saturated heterocycles. The van der Waals surface area contributed by atoms with E-state index in [9.17, 15) is 14.0 Å². The maximum absolute atomic E-state index is 14.0. The number of halogens is 3. The Labute approximate surface area is 224 Å². The highest BCUT2D eigenvalue weighted by molar-refractivity contribution is 6.39. The van der Waals surface area contributed by atoms with Gasteiger partial charge >= 0.3 is 11.9 Å². The van der Waals surface area contributed by atoms with Crippen LogP contribution in [0.4, 0.5) is 15.8 Å². The number of rotatable bonds is 7. The van der Waals surface area contributed by atoms with Crippen LogP contribution >= 0.6 is 23.2 Å². The Morgan fingerprint density at radius 3 is 2.08 bits per heavy atom. The average molecular weight is 540 g/mol. The minimum Gasteiger partial charge on any atom is -0.481 e. The molecule has 1 atom stereocenters. The molecule has 0 amide bonds. The van der Waals surface area contributed by atoms with Gasteiger partial charge in [0, 0.05) is 11.3 Å². The van der Waals surface area contributed by atoms with Crippen molar-refractivity contribution in [2.45, 2.75) is 19.3 Å². The minimum atomic E-state index is -0.957. The summed E-state index contributed by atoms with van der Waals surface area (Å²) in [6, 6.07) is 26.1. The van der Waals surface area contributed by atoms with Crippen molar-refractivity contribution in [1.82, 2.24) is 0 Å². The molecule has 3 N–H and O–H groups in total. The normalized spacial score (nSPS) is 11.1. The molecule has 0 saturated carbocycles. The Balaban J connectivity index is 0.000000206. The monoisotopic (exact) mass is 539 g/mol. The SMILES string of the molecule is CC(C(=O)O)c1ccc(-c2ccccc2)c(F)c1.O=C(O)Cc1ccccc1Nc1c(Cl)cccc1Cl. The molecule has 5 nitrogen and oxygen atoms in total. The lowest BCUT2D eigenvalue weighted by Gasteiger charge is -2.13. The van der Waals surface area contributed by atoms with E-state index in [1.165, 1.54) is 6.07 Å². The van der Waals surface area contributed by atoms with Gasteiger partial charge in [0.1, 0.15) is 5.82 Å². The van der Waals surface area contributed by atoms with Gasteiger partial charge in [-0.1, -0.05) is 89.9 Å². The molecule has 37 heavy (non-hydrogen) atoms. The standard InChI is InChI=1S/C15H13FO2.C14H11Cl2NO2/c1-10(15(17)18)12-7-8-13(14(16)9-12)11-5-3-2-4-6-11;15-10-5-3-6-11(16)14(10)17-12-7-2-1-4-9(12)8-13(18)19/h2-10H,1H3,(H,17,18);1-7,17H,8H2,(H,18,19). The number of aliphatic carboxylic acids is 2.